The summed E-state index contributed by atoms with van der Waals surface area (Å²) in [5.41, 5.74) is 2.15. The van der Waals surface area contributed by atoms with Crippen molar-refractivity contribution >= 4 is 17.6 Å². The maximum atomic E-state index is 12.1. The fourth-order valence-corrected chi connectivity index (χ4v) is 2.67. The first-order valence-corrected chi connectivity index (χ1v) is 8.53. The molecule has 0 radical (unpaired) electrons. The third kappa shape index (κ3) is 4.96. The summed E-state index contributed by atoms with van der Waals surface area (Å²) in [4.78, 5) is 28.0. The number of nitrogens with one attached hydrogen (secondary N) is 2. The number of hydrogen-bond acceptors (Lipinski definition) is 3. The molecule has 0 bridgehead atoms. The molecule has 6 nitrogen and oxygen atoms in total. The van der Waals surface area contributed by atoms with E-state index in [4.69, 9.17) is 0 Å². The smallest absolute Gasteiger partial charge is 0.319 e. The van der Waals surface area contributed by atoms with Gasteiger partial charge in [-0.25, -0.2) is 4.79 Å². The lowest BCUT2D eigenvalue weighted by atomic mass is 10.1. The predicted molar refractivity (Wildman–Crippen MR) is 96.5 cm³/mol. The molecule has 6 heteroatoms. The molecule has 1 aromatic rings. The molecule has 1 aliphatic rings. The summed E-state index contributed by atoms with van der Waals surface area (Å²) in [7, 11) is 3.42. The number of amides is 3. The van der Waals surface area contributed by atoms with Crippen LogP contribution >= 0.6 is 0 Å². The molecular formula is C18H28N4O2. The van der Waals surface area contributed by atoms with Crippen molar-refractivity contribution in [3.8, 4) is 0 Å². The van der Waals surface area contributed by atoms with Crippen LogP contribution in [0.4, 0.5) is 10.5 Å². The Morgan fingerprint density at radius 3 is 2.54 bits per heavy atom. The minimum atomic E-state index is -0.237. The number of hydrogen-bond donors (Lipinski definition) is 2. The second kappa shape index (κ2) is 8.15. The van der Waals surface area contributed by atoms with Gasteiger partial charge in [0.2, 0.25) is 0 Å². The Bertz CT molecular complexity index is 597. The van der Waals surface area contributed by atoms with E-state index in [0.29, 0.717) is 23.8 Å². The van der Waals surface area contributed by atoms with Crippen LogP contribution < -0.4 is 10.6 Å². The SMILES string of the molecule is CCN(CCNC(=O)Nc1cc(C(=O)N(C)C)ccc1C)C1CC1. The Labute approximate surface area is 144 Å². The van der Waals surface area contributed by atoms with Gasteiger partial charge in [-0.3, -0.25) is 9.69 Å². The first-order valence-electron chi connectivity index (χ1n) is 8.53. The standard InChI is InChI=1S/C18H28N4O2/c1-5-22(15-8-9-15)11-10-19-18(24)20-16-12-14(7-6-13(16)2)17(23)21(3)4/h6-7,12,15H,5,8-11H2,1-4H3,(H2,19,20,24). The average Bonchev–Trinajstić information content (AvgIpc) is 3.37. The van der Waals surface area contributed by atoms with Gasteiger partial charge in [-0.2, -0.15) is 0 Å². The van der Waals surface area contributed by atoms with Crippen molar-refractivity contribution in [3.63, 3.8) is 0 Å². The number of likely N-dealkylation sites (N-methyl/N-ethyl adjacent to an activating group) is 1. The van der Waals surface area contributed by atoms with Crippen LogP contribution in [0.2, 0.25) is 0 Å². The van der Waals surface area contributed by atoms with Gasteiger partial charge >= 0.3 is 6.03 Å². The van der Waals surface area contributed by atoms with Gasteiger partial charge < -0.3 is 15.5 Å². The van der Waals surface area contributed by atoms with E-state index in [2.05, 4.69) is 22.5 Å². The highest BCUT2D eigenvalue weighted by Crippen LogP contribution is 2.25. The second-order valence-electron chi connectivity index (χ2n) is 6.47. The van der Waals surface area contributed by atoms with Gasteiger partial charge in [-0.05, 0) is 44.0 Å². The van der Waals surface area contributed by atoms with Crippen molar-refractivity contribution in [2.45, 2.75) is 32.7 Å². The highest BCUT2D eigenvalue weighted by atomic mass is 16.2. The summed E-state index contributed by atoms with van der Waals surface area (Å²) >= 11 is 0. The molecule has 1 saturated carbocycles. The first kappa shape index (κ1) is 18.3. The van der Waals surface area contributed by atoms with Crippen LogP contribution in [0.5, 0.6) is 0 Å². The van der Waals surface area contributed by atoms with Crippen molar-refractivity contribution in [3.05, 3.63) is 29.3 Å². The molecule has 1 fully saturated rings. The number of urea groups is 1. The zero-order chi connectivity index (χ0) is 17.7. The molecule has 132 valence electrons. The molecule has 1 aliphatic carbocycles. The lowest BCUT2D eigenvalue weighted by Crippen LogP contribution is -2.38. The molecule has 1 aromatic carbocycles. The Kier molecular flexibility index (Phi) is 6.20. The van der Waals surface area contributed by atoms with E-state index in [1.54, 1.807) is 26.2 Å². The Morgan fingerprint density at radius 2 is 1.96 bits per heavy atom. The van der Waals surface area contributed by atoms with Crippen molar-refractivity contribution in [1.82, 2.24) is 15.1 Å². The number of rotatable bonds is 7. The average molecular weight is 332 g/mol. The zero-order valence-electron chi connectivity index (χ0n) is 15.1. The van der Waals surface area contributed by atoms with E-state index in [1.165, 1.54) is 17.7 Å². The van der Waals surface area contributed by atoms with Gasteiger partial charge in [0.25, 0.3) is 5.91 Å². The molecule has 0 heterocycles. The number of aryl methyl sites for hydroxylation is 1. The van der Waals surface area contributed by atoms with Crippen molar-refractivity contribution in [2.75, 3.05) is 39.0 Å². The van der Waals surface area contributed by atoms with Crippen molar-refractivity contribution < 1.29 is 9.59 Å². The van der Waals surface area contributed by atoms with E-state index >= 15 is 0 Å². The van der Waals surface area contributed by atoms with Gasteiger partial charge in [-0.1, -0.05) is 13.0 Å². The second-order valence-corrected chi connectivity index (χ2v) is 6.47. The normalized spacial score (nSPS) is 13.7. The van der Waals surface area contributed by atoms with E-state index in [1.807, 2.05) is 13.0 Å². The third-order valence-corrected chi connectivity index (χ3v) is 4.29. The molecule has 24 heavy (non-hydrogen) atoms. The van der Waals surface area contributed by atoms with Gasteiger partial charge in [0.1, 0.15) is 0 Å². The first-order chi connectivity index (χ1) is 11.4. The Morgan fingerprint density at radius 1 is 1.25 bits per heavy atom. The summed E-state index contributed by atoms with van der Waals surface area (Å²) in [6.45, 7) is 6.56. The van der Waals surface area contributed by atoms with Gasteiger partial charge in [0, 0.05) is 44.5 Å². The summed E-state index contributed by atoms with van der Waals surface area (Å²) in [6, 6.07) is 5.81. The van der Waals surface area contributed by atoms with Crippen LogP contribution in [0.25, 0.3) is 0 Å². The molecule has 0 aromatic heterocycles. The fourth-order valence-electron chi connectivity index (χ4n) is 2.67. The quantitative estimate of drug-likeness (QED) is 0.805. The topological polar surface area (TPSA) is 64.7 Å². The molecule has 0 saturated heterocycles. The maximum Gasteiger partial charge on any atom is 0.319 e. The van der Waals surface area contributed by atoms with Crippen molar-refractivity contribution in [1.29, 1.82) is 0 Å². The highest BCUT2D eigenvalue weighted by molar-refractivity contribution is 5.97. The monoisotopic (exact) mass is 332 g/mol. The predicted octanol–water partition coefficient (Wildman–Crippen LogP) is 2.30. The third-order valence-electron chi connectivity index (χ3n) is 4.29. The number of anilines is 1. The highest BCUT2D eigenvalue weighted by Gasteiger charge is 2.27. The van der Waals surface area contributed by atoms with Crippen LogP contribution in [-0.4, -0.2) is 61.5 Å². The largest absolute Gasteiger partial charge is 0.345 e. The molecule has 0 aliphatic heterocycles. The molecular weight excluding hydrogens is 304 g/mol. The lowest BCUT2D eigenvalue weighted by Gasteiger charge is -2.20. The van der Waals surface area contributed by atoms with Crippen LogP contribution in [0.1, 0.15) is 35.7 Å². The van der Waals surface area contributed by atoms with Crippen LogP contribution in [0.15, 0.2) is 18.2 Å². The minimum Gasteiger partial charge on any atom is -0.345 e. The minimum absolute atomic E-state index is 0.0820. The zero-order valence-corrected chi connectivity index (χ0v) is 15.1. The molecule has 2 N–H and O–H groups in total. The Hall–Kier alpha value is -2.08. The molecule has 2 rings (SSSR count). The Balaban J connectivity index is 1.88. The number of carbonyl (C=O) groups is 2. The summed E-state index contributed by atoms with van der Waals surface area (Å²) in [6.07, 6.45) is 2.54. The molecule has 0 spiro atoms. The lowest BCUT2D eigenvalue weighted by molar-refractivity contribution is 0.0827. The fraction of sp³-hybridized carbons (Fsp3) is 0.556. The molecule has 0 atom stereocenters. The van der Waals surface area contributed by atoms with Crippen molar-refractivity contribution in [2.24, 2.45) is 0 Å². The van der Waals surface area contributed by atoms with Crippen LogP contribution in [0.3, 0.4) is 0 Å². The summed E-state index contributed by atoms with van der Waals surface area (Å²) in [5.74, 6) is -0.0820. The number of benzene rings is 1. The van der Waals surface area contributed by atoms with Gasteiger partial charge in [-0.15, -0.1) is 0 Å². The summed E-state index contributed by atoms with van der Waals surface area (Å²) in [5, 5.41) is 5.73. The van der Waals surface area contributed by atoms with Crippen LogP contribution in [0, 0.1) is 6.92 Å². The molecule has 3 amide bonds. The number of nitrogens with zero attached hydrogens (tertiary/aromatic N) is 2. The van der Waals surface area contributed by atoms with Gasteiger partial charge in [0.05, 0.1) is 0 Å². The maximum absolute atomic E-state index is 12.1. The van der Waals surface area contributed by atoms with E-state index < -0.39 is 0 Å². The van der Waals surface area contributed by atoms with Crippen LogP contribution in [-0.2, 0) is 0 Å². The van der Waals surface area contributed by atoms with E-state index in [0.717, 1.165) is 18.7 Å². The summed E-state index contributed by atoms with van der Waals surface area (Å²) < 4.78 is 0. The van der Waals surface area contributed by atoms with E-state index in [-0.39, 0.29) is 11.9 Å². The van der Waals surface area contributed by atoms with E-state index in [9.17, 15) is 9.59 Å². The number of carbonyl (C=O) groups excluding carboxylic acids is 2. The molecule has 0 unspecified atom stereocenters. The van der Waals surface area contributed by atoms with Gasteiger partial charge in [0.15, 0.2) is 0 Å².